The first-order valence-electron chi connectivity index (χ1n) is 6.49. The van der Waals surface area contributed by atoms with Crippen LogP contribution in [0.25, 0.3) is 0 Å². The van der Waals surface area contributed by atoms with Gasteiger partial charge in [-0.3, -0.25) is 20.4 Å². The molecule has 0 radical (unpaired) electrons. The fourth-order valence-corrected chi connectivity index (χ4v) is 2.25. The van der Waals surface area contributed by atoms with Crippen molar-refractivity contribution < 1.29 is 27.9 Å². The maximum Gasteiger partial charge on any atom is 0.432 e. The Morgan fingerprint density at radius 2 is 1.75 bits per heavy atom. The van der Waals surface area contributed by atoms with Gasteiger partial charge in [0.2, 0.25) is 0 Å². The first-order chi connectivity index (χ1) is 11.3. The molecular weight excluding hydrogens is 345 g/mol. The monoisotopic (exact) mass is 356 g/mol. The zero-order chi connectivity index (χ0) is 17.7. The molecule has 0 aliphatic rings. The van der Waals surface area contributed by atoms with Gasteiger partial charge in [-0.05, 0) is 35.7 Å². The minimum Gasteiger partial charge on any atom is -0.508 e. The highest BCUT2D eigenvalue weighted by Crippen LogP contribution is 2.24. The van der Waals surface area contributed by atoms with E-state index >= 15 is 0 Å². The maximum absolute atomic E-state index is 13.0. The van der Waals surface area contributed by atoms with Crippen molar-refractivity contribution in [3.63, 3.8) is 0 Å². The molecule has 3 N–H and O–H groups in total. The van der Waals surface area contributed by atoms with Crippen molar-refractivity contribution in [2.75, 3.05) is 0 Å². The van der Waals surface area contributed by atoms with Gasteiger partial charge in [-0.15, -0.1) is 11.3 Å². The molecule has 0 fully saturated rings. The smallest absolute Gasteiger partial charge is 0.432 e. The quantitative estimate of drug-likeness (QED) is 0.437. The van der Waals surface area contributed by atoms with Gasteiger partial charge in [-0.25, -0.2) is 0 Å². The van der Waals surface area contributed by atoms with Crippen LogP contribution in [0, 0.1) is 0 Å². The number of ketones is 1. The van der Waals surface area contributed by atoms with E-state index in [1.807, 2.05) is 5.43 Å². The summed E-state index contributed by atoms with van der Waals surface area (Å²) in [6, 6.07) is 7.84. The predicted molar refractivity (Wildman–Crippen MR) is 81.5 cm³/mol. The number of phenolic OH excluding ortho intramolecular Hbond substituents is 1. The highest BCUT2D eigenvalue weighted by molar-refractivity contribution is 7.12. The molecule has 0 spiro atoms. The average molecular weight is 356 g/mol. The van der Waals surface area contributed by atoms with Crippen molar-refractivity contribution in [1.82, 2.24) is 10.9 Å². The summed E-state index contributed by atoms with van der Waals surface area (Å²) in [4.78, 5) is 23.7. The molecule has 9 heteroatoms. The van der Waals surface area contributed by atoms with Gasteiger partial charge in [0.15, 0.2) is 5.78 Å². The number of hydrogen-bond acceptors (Lipinski definition) is 5. The first-order valence-corrected chi connectivity index (χ1v) is 7.37. The SMILES string of the molecule is O=C(NN/C(=C\C(=O)c1cccs1)C(F)(F)F)c1ccc(O)cc1. The van der Waals surface area contributed by atoms with Crippen molar-refractivity contribution >= 4 is 23.0 Å². The van der Waals surface area contributed by atoms with Crippen molar-refractivity contribution in [3.8, 4) is 5.75 Å². The molecule has 0 bridgehead atoms. The summed E-state index contributed by atoms with van der Waals surface area (Å²) in [7, 11) is 0. The van der Waals surface area contributed by atoms with E-state index in [2.05, 4.69) is 0 Å². The van der Waals surface area contributed by atoms with Gasteiger partial charge in [-0.1, -0.05) is 6.07 Å². The third-order valence-electron chi connectivity index (χ3n) is 2.79. The normalized spacial score (nSPS) is 11.9. The van der Waals surface area contributed by atoms with Crippen LogP contribution in [-0.2, 0) is 0 Å². The van der Waals surface area contributed by atoms with Crippen LogP contribution in [0.15, 0.2) is 53.6 Å². The number of rotatable bonds is 5. The van der Waals surface area contributed by atoms with Crippen molar-refractivity contribution in [1.29, 1.82) is 0 Å². The maximum atomic E-state index is 13.0. The zero-order valence-electron chi connectivity index (χ0n) is 11.9. The van der Waals surface area contributed by atoms with E-state index in [1.54, 1.807) is 16.9 Å². The fourth-order valence-electron chi connectivity index (χ4n) is 1.62. The Hall–Kier alpha value is -2.81. The molecular formula is C15H11F3N2O3S. The highest BCUT2D eigenvalue weighted by Gasteiger charge is 2.35. The molecule has 1 amide bonds. The Labute approximate surface area is 138 Å². The number of amides is 1. The number of thiophene rings is 1. The lowest BCUT2D eigenvalue weighted by molar-refractivity contribution is -0.0977. The zero-order valence-corrected chi connectivity index (χ0v) is 12.7. The molecule has 126 valence electrons. The fraction of sp³-hybridized carbons (Fsp3) is 0.0667. The van der Waals surface area contributed by atoms with Gasteiger partial charge >= 0.3 is 6.18 Å². The summed E-state index contributed by atoms with van der Waals surface area (Å²) in [5, 5.41) is 10.7. The Balaban J connectivity index is 2.11. The number of phenols is 1. The molecule has 0 saturated heterocycles. The Morgan fingerprint density at radius 1 is 1.08 bits per heavy atom. The Kier molecular flexibility index (Phi) is 5.24. The third kappa shape index (κ3) is 4.59. The van der Waals surface area contributed by atoms with E-state index in [0.717, 1.165) is 11.3 Å². The number of carbonyl (C=O) groups is 2. The second kappa shape index (κ2) is 7.18. The number of allylic oxidation sites excluding steroid dienone is 2. The number of hydrazine groups is 1. The van der Waals surface area contributed by atoms with Crippen LogP contribution in [0.3, 0.4) is 0 Å². The molecule has 1 aromatic heterocycles. The van der Waals surface area contributed by atoms with Crippen LogP contribution in [0.4, 0.5) is 13.2 Å². The van der Waals surface area contributed by atoms with Gasteiger partial charge < -0.3 is 5.11 Å². The van der Waals surface area contributed by atoms with Gasteiger partial charge in [0.25, 0.3) is 5.91 Å². The summed E-state index contributed by atoms with van der Waals surface area (Å²) < 4.78 is 38.9. The van der Waals surface area contributed by atoms with Crippen molar-refractivity contribution in [3.05, 3.63) is 64.0 Å². The lowest BCUT2D eigenvalue weighted by Gasteiger charge is -2.14. The van der Waals surface area contributed by atoms with Crippen molar-refractivity contribution in [2.45, 2.75) is 6.18 Å². The number of halogens is 3. The highest BCUT2D eigenvalue weighted by atomic mass is 32.1. The van der Waals surface area contributed by atoms with E-state index in [1.165, 1.54) is 30.3 Å². The van der Waals surface area contributed by atoms with E-state index in [4.69, 9.17) is 5.11 Å². The summed E-state index contributed by atoms with van der Waals surface area (Å²) >= 11 is 1.01. The summed E-state index contributed by atoms with van der Waals surface area (Å²) in [6.45, 7) is 0. The molecule has 0 saturated carbocycles. The molecule has 2 aromatic rings. The second-order valence-corrected chi connectivity index (χ2v) is 5.47. The summed E-state index contributed by atoms with van der Waals surface area (Å²) in [5.74, 6) is -1.77. The standard InChI is InChI=1S/C15H11F3N2O3S/c16-15(17,18)13(8-11(22)12-2-1-7-24-12)19-20-14(23)9-3-5-10(21)6-4-9/h1-8,19,21H,(H,20,23)/b13-8-. The number of hydrogen-bond donors (Lipinski definition) is 3. The van der Waals surface area contributed by atoms with Gasteiger partial charge in [0, 0.05) is 11.6 Å². The second-order valence-electron chi connectivity index (χ2n) is 4.52. The number of aromatic hydroxyl groups is 1. The van der Waals surface area contributed by atoms with Crippen molar-refractivity contribution in [2.24, 2.45) is 0 Å². The molecule has 2 rings (SSSR count). The molecule has 24 heavy (non-hydrogen) atoms. The van der Waals surface area contributed by atoms with Gasteiger partial charge in [-0.2, -0.15) is 13.2 Å². The first kappa shape index (κ1) is 17.5. The average Bonchev–Trinajstić information content (AvgIpc) is 3.05. The molecule has 0 aliphatic heterocycles. The van der Waals surface area contributed by atoms with Crippen LogP contribution in [0.1, 0.15) is 20.0 Å². The van der Waals surface area contributed by atoms with Crippen LogP contribution >= 0.6 is 11.3 Å². The Bertz CT molecular complexity index is 753. The summed E-state index contributed by atoms with van der Waals surface area (Å²) in [6.07, 6.45) is -4.47. The predicted octanol–water partition coefficient (Wildman–Crippen LogP) is 3.02. The topological polar surface area (TPSA) is 78.4 Å². The van der Waals surface area contributed by atoms with Crippen LogP contribution < -0.4 is 10.9 Å². The molecule has 0 aliphatic carbocycles. The number of alkyl halides is 3. The lowest BCUT2D eigenvalue weighted by Crippen LogP contribution is -2.41. The molecule has 1 heterocycles. The van der Waals surface area contributed by atoms with Crippen LogP contribution in [0.2, 0.25) is 0 Å². The van der Waals surface area contributed by atoms with Crippen LogP contribution in [0.5, 0.6) is 5.75 Å². The van der Waals surface area contributed by atoms with E-state index < -0.39 is 23.6 Å². The number of nitrogens with one attached hydrogen (secondary N) is 2. The van der Waals surface area contributed by atoms with E-state index in [-0.39, 0.29) is 16.2 Å². The number of benzene rings is 1. The van der Waals surface area contributed by atoms with Gasteiger partial charge in [0.1, 0.15) is 11.4 Å². The largest absolute Gasteiger partial charge is 0.508 e. The molecule has 1 aromatic carbocycles. The lowest BCUT2D eigenvalue weighted by atomic mass is 10.2. The van der Waals surface area contributed by atoms with Crippen LogP contribution in [-0.4, -0.2) is 23.0 Å². The minimum absolute atomic E-state index is 0.0337. The molecule has 5 nitrogen and oxygen atoms in total. The minimum atomic E-state index is -4.85. The van der Waals surface area contributed by atoms with E-state index in [0.29, 0.717) is 6.08 Å². The van der Waals surface area contributed by atoms with Gasteiger partial charge in [0.05, 0.1) is 4.88 Å². The summed E-state index contributed by atoms with van der Waals surface area (Å²) in [5.41, 5.74) is 2.23. The molecule has 0 atom stereocenters. The number of carbonyl (C=O) groups excluding carboxylic acids is 2. The third-order valence-corrected chi connectivity index (χ3v) is 3.67. The van der Waals surface area contributed by atoms with E-state index in [9.17, 15) is 22.8 Å². The Morgan fingerprint density at radius 3 is 2.29 bits per heavy atom. The molecule has 0 unspecified atom stereocenters.